The first-order valence-corrected chi connectivity index (χ1v) is 5.40. The molecule has 0 aliphatic rings. The standard InChI is InChI=1S/C7H15N3O2S/c1-6(2)9-13(11,12)10(4)7(3)5-8/h6-7,9H,1-4H3. The SMILES string of the molecule is CC(C)NS(=O)(=O)N(C)C(C)C#N. The summed E-state index contributed by atoms with van der Waals surface area (Å²) in [6, 6.07) is 1.03. The molecule has 0 aromatic carbocycles. The number of rotatable bonds is 4. The highest BCUT2D eigenvalue weighted by Crippen LogP contribution is 2.01. The fourth-order valence-electron chi connectivity index (χ4n) is 0.670. The molecule has 76 valence electrons. The van der Waals surface area contributed by atoms with E-state index < -0.39 is 16.3 Å². The highest BCUT2D eigenvalue weighted by molar-refractivity contribution is 7.87. The van der Waals surface area contributed by atoms with Crippen molar-refractivity contribution in [3.8, 4) is 6.07 Å². The van der Waals surface area contributed by atoms with Crippen LogP contribution in [0, 0.1) is 11.3 Å². The van der Waals surface area contributed by atoms with Crippen molar-refractivity contribution in [2.24, 2.45) is 0 Å². The molecule has 0 heterocycles. The zero-order valence-electron chi connectivity index (χ0n) is 8.27. The van der Waals surface area contributed by atoms with E-state index in [4.69, 9.17) is 5.26 Å². The second-order valence-electron chi connectivity index (χ2n) is 3.10. The molecule has 5 nitrogen and oxygen atoms in total. The lowest BCUT2D eigenvalue weighted by Crippen LogP contribution is -2.44. The summed E-state index contributed by atoms with van der Waals surface area (Å²) in [5, 5.41) is 8.52. The van der Waals surface area contributed by atoms with Crippen molar-refractivity contribution in [1.29, 1.82) is 5.26 Å². The van der Waals surface area contributed by atoms with Gasteiger partial charge in [-0.2, -0.15) is 22.7 Å². The van der Waals surface area contributed by atoms with E-state index in [2.05, 4.69) is 4.72 Å². The first kappa shape index (κ1) is 12.4. The molecule has 0 amide bonds. The molecule has 0 saturated heterocycles. The van der Waals surface area contributed by atoms with Crippen molar-refractivity contribution < 1.29 is 8.42 Å². The van der Waals surface area contributed by atoms with E-state index in [1.807, 2.05) is 6.07 Å². The lowest BCUT2D eigenvalue weighted by atomic mass is 10.4. The summed E-state index contributed by atoms with van der Waals surface area (Å²) >= 11 is 0. The van der Waals surface area contributed by atoms with Crippen LogP contribution >= 0.6 is 0 Å². The summed E-state index contributed by atoms with van der Waals surface area (Å²) in [7, 11) is -2.14. The first-order chi connectivity index (χ1) is 5.81. The van der Waals surface area contributed by atoms with Crippen molar-refractivity contribution in [1.82, 2.24) is 9.03 Å². The highest BCUT2D eigenvalue weighted by Gasteiger charge is 2.23. The van der Waals surface area contributed by atoms with Crippen LogP contribution in [-0.2, 0) is 10.2 Å². The van der Waals surface area contributed by atoms with Gasteiger partial charge in [-0.05, 0) is 20.8 Å². The highest BCUT2D eigenvalue weighted by atomic mass is 32.2. The molecule has 0 aromatic heterocycles. The van der Waals surface area contributed by atoms with E-state index in [-0.39, 0.29) is 6.04 Å². The largest absolute Gasteiger partial charge is 0.280 e. The van der Waals surface area contributed by atoms with E-state index in [1.165, 1.54) is 14.0 Å². The molecule has 0 bridgehead atoms. The lowest BCUT2D eigenvalue weighted by Gasteiger charge is -2.20. The molecular formula is C7H15N3O2S. The Morgan fingerprint density at radius 2 is 1.85 bits per heavy atom. The van der Waals surface area contributed by atoms with Gasteiger partial charge in [0.25, 0.3) is 10.2 Å². The molecule has 0 aliphatic carbocycles. The summed E-state index contributed by atoms with van der Waals surface area (Å²) in [4.78, 5) is 0. The third kappa shape index (κ3) is 3.72. The zero-order chi connectivity index (χ0) is 10.6. The summed E-state index contributed by atoms with van der Waals surface area (Å²) in [6.07, 6.45) is 0. The molecule has 1 N–H and O–H groups in total. The Morgan fingerprint density at radius 1 is 1.38 bits per heavy atom. The maximum absolute atomic E-state index is 11.4. The monoisotopic (exact) mass is 205 g/mol. The van der Waals surface area contributed by atoms with Crippen LogP contribution in [0.5, 0.6) is 0 Å². The average molecular weight is 205 g/mol. The summed E-state index contributed by atoms with van der Waals surface area (Å²) in [6.45, 7) is 4.98. The Hall–Kier alpha value is -0.640. The molecule has 6 heteroatoms. The van der Waals surface area contributed by atoms with Crippen LogP contribution in [0.1, 0.15) is 20.8 Å². The quantitative estimate of drug-likeness (QED) is 0.706. The molecule has 0 saturated carbocycles. The van der Waals surface area contributed by atoms with Gasteiger partial charge in [0.15, 0.2) is 0 Å². The molecule has 1 unspecified atom stereocenters. The average Bonchev–Trinajstić information content (AvgIpc) is 1.99. The number of nitriles is 1. The molecule has 0 fully saturated rings. The Morgan fingerprint density at radius 3 is 2.15 bits per heavy atom. The van der Waals surface area contributed by atoms with Gasteiger partial charge in [-0.15, -0.1) is 0 Å². The minimum absolute atomic E-state index is 0.168. The second-order valence-corrected chi connectivity index (χ2v) is 4.86. The number of nitrogens with zero attached hydrogens (tertiary/aromatic N) is 2. The van der Waals surface area contributed by atoms with Gasteiger partial charge in [-0.3, -0.25) is 0 Å². The van der Waals surface area contributed by atoms with Crippen LogP contribution in [-0.4, -0.2) is 31.9 Å². The fourth-order valence-corrected chi connectivity index (χ4v) is 1.90. The van der Waals surface area contributed by atoms with E-state index in [1.54, 1.807) is 13.8 Å². The number of hydrogen-bond donors (Lipinski definition) is 1. The van der Waals surface area contributed by atoms with Crippen LogP contribution in [0.4, 0.5) is 0 Å². The zero-order valence-corrected chi connectivity index (χ0v) is 9.09. The van der Waals surface area contributed by atoms with Crippen molar-refractivity contribution in [3.63, 3.8) is 0 Å². The molecule has 0 radical (unpaired) electrons. The molecule has 0 aliphatic heterocycles. The van der Waals surface area contributed by atoms with E-state index in [0.717, 1.165) is 4.31 Å². The molecule has 0 rings (SSSR count). The maximum atomic E-state index is 11.4. The van der Waals surface area contributed by atoms with Gasteiger partial charge in [0, 0.05) is 13.1 Å². The van der Waals surface area contributed by atoms with E-state index in [9.17, 15) is 8.42 Å². The van der Waals surface area contributed by atoms with Crippen LogP contribution < -0.4 is 4.72 Å². The summed E-state index contributed by atoms with van der Waals surface area (Å²) in [5.74, 6) is 0. The van der Waals surface area contributed by atoms with Gasteiger partial charge in [-0.1, -0.05) is 0 Å². The Bertz CT molecular complexity index is 291. The minimum atomic E-state index is -3.51. The predicted molar refractivity (Wildman–Crippen MR) is 50.0 cm³/mol. The Kier molecular flexibility index (Phi) is 4.33. The smallest absolute Gasteiger partial charge is 0.200 e. The van der Waals surface area contributed by atoms with Crippen LogP contribution in [0.15, 0.2) is 0 Å². The van der Waals surface area contributed by atoms with Gasteiger partial charge < -0.3 is 0 Å². The first-order valence-electron chi connectivity index (χ1n) is 3.96. The van der Waals surface area contributed by atoms with Gasteiger partial charge >= 0.3 is 0 Å². The van der Waals surface area contributed by atoms with Crippen LogP contribution in [0.25, 0.3) is 0 Å². The second kappa shape index (κ2) is 4.56. The van der Waals surface area contributed by atoms with Gasteiger partial charge in [-0.25, -0.2) is 0 Å². The van der Waals surface area contributed by atoms with E-state index in [0.29, 0.717) is 0 Å². The molecule has 1 atom stereocenters. The maximum Gasteiger partial charge on any atom is 0.280 e. The fraction of sp³-hybridized carbons (Fsp3) is 0.857. The van der Waals surface area contributed by atoms with Crippen molar-refractivity contribution >= 4 is 10.2 Å². The Labute approximate surface area is 79.5 Å². The van der Waals surface area contributed by atoms with E-state index >= 15 is 0 Å². The number of nitrogens with one attached hydrogen (secondary N) is 1. The minimum Gasteiger partial charge on any atom is -0.200 e. The van der Waals surface area contributed by atoms with Gasteiger partial charge in [0.1, 0.15) is 6.04 Å². The van der Waals surface area contributed by atoms with Crippen molar-refractivity contribution in [2.45, 2.75) is 32.9 Å². The predicted octanol–water partition coefficient (Wildman–Crippen LogP) is 0.0731. The molecule has 0 aromatic rings. The number of hydrogen-bond acceptors (Lipinski definition) is 3. The van der Waals surface area contributed by atoms with Gasteiger partial charge in [0.2, 0.25) is 0 Å². The summed E-state index contributed by atoms with van der Waals surface area (Å²) in [5.41, 5.74) is 0. The lowest BCUT2D eigenvalue weighted by molar-refractivity contribution is 0.427. The van der Waals surface area contributed by atoms with Crippen LogP contribution in [0.2, 0.25) is 0 Å². The van der Waals surface area contributed by atoms with Crippen LogP contribution in [0.3, 0.4) is 0 Å². The van der Waals surface area contributed by atoms with Crippen molar-refractivity contribution in [2.75, 3.05) is 7.05 Å². The third-order valence-electron chi connectivity index (χ3n) is 1.50. The van der Waals surface area contributed by atoms with Crippen molar-refractivity contribution in [3.05, 3.63) is 0 Å². The molecule has 0 spiro atoms. The van der Waals surface area contributed by atoms with Gasteiger partial charge in [0.05, 0.1) is 6.07 Å². The molecule has 13 heavy (non-hydrogen) atoms. The Balaban J connectivity index is 4.58. The third-order valence-corrected chi connectivity index (χ3v) is 3.34. The normalized spacial score (nSPS) is 14.5. The topological polar surface area (TPSA) is 73.2 Å². The summed E-state index contributed by atoms with van der Waals surface area (Å²) < 4.78 is 26.2. The molecular weight excluding hydrogens is 190 g/mol.